The maximum atomic E-state index is 12.2. The number of aliphatic imine (C=N–C) groups is 1. The summed E-state index contributed by atoms with van der Waals surface area (Å²) in [4.78, 5) is 4.44. The van der Waals surface area contributed by atoms with Gasteiger partial charge in [0.15, 0.2) is 0 Å². The van der Waals surface area contributed by atoms with Crippen LogP contribution in [0, 0.1) is 0 Å². The molecule has 2 N–H and O–H groups in total. The second-order valence-corrected chi connectivity index (χ2v) is 7.29. The van der Waals surface area contributed by atoms with Crippen molar-refractivity contribution in [3.63, 3.8) is 0 Å². The Bertz CT molecular complexity index is 897. The summed E-state index contributed by atoms with van der Waals surface area (Å²) in [5, 5.41) is 3.41. The summed E-state index contributed by atoms with van der Waals surface area (Å²) in [7, 11) is -2.02. The Kier molecular flexibility index (Phi) is 4.64. The van der Waals surface area contributed by atoms with Crippen LogP contribution in [0.2, 0.25) is 5.02 Å². The molecule has 6 nitrogen and oxygen atoms in total. The van der Waals surface area contributed by atoms with Crippen molar-refractivity contribution < 1.29 is 13.2 Å². The maximum Gasteiger partial charge on any atom is 0.266 e. The molecule has 0 aromatic heterocycles. The van der Waals surface area contributed by atoms with Crippen molar-refractivity contribution in [1.82, 2.24) is 4.72 Å². The molecule has 8 heteroatoms. The van der Waals surface area contributed by atoms with Crippen LogP contribution in [0.4, 0.5) is 5.69 Å². The van der Waals surface area contributed by atoms with Crippen LogP contribution in [0.5, 0.6) is 5.75 Å². The molecular formula is C16H16ClN3O3S. The van der Waals surface area contributed by atoms with E-state index in [1.165, 1.54) is 12.1 Å². The largest absolute Gasteiger partial charge is 0.497 e. The first kappa shape index (κ1) is 16.6. The number of ether oxygens (including phenoxy) is 1. The number of hydrogen-bond donors (Lipinski definition) is 2. The fourth-order valence-corrected chi connectivity index (χ4v) is 3.66. The minimum atomic E-state index is -3.64. The molecule has 1 aliphatic rings. The summed E-state index contributed by atoms with van der Waals surface area (Å²) in [6.45, 7) is 0.425. The molecule has 0 atom stereocenters. The Hall–Kier alpha value is -2.25. The highest BCUT2D eigenvalue weighted by Crippen LogP contribution is 2.27. The van der Waals surface area contributed by atoms with Gasteiger partial charge in [0.2, 0.25) is 5.96 Å². The van der Waals surface area contributed by atoms with E-state index in [1.54, 1.807) is 13.2 Å². The van der Waals surface area contributed by atoms with E-state index in [1.807, 2.05) is 24.3 Å². The van der Waals surface area contributed by atoms with Crippen LogP contribution in [-0.4, -0.2) is 28.0 Å². The fourth-order valence-electron chi connectivity index (χ4n) is 2.37. The zero-order valence-electron chi connectivity index (χ0n) is 12.9. The average Bonchev–Trinajstić information content (AvgIpc) is 2.54. The molecule has 0 radical (unpaired) electrons. The number of halogens is 1. The number of nitrogens with zero attached hydrogens (tertiary/aromatic N) is 1. The van der Waals surface area contributed by atoms with E-state index in [2.05, 4.69) is 15.0 Å². The number of methoxy groups -OCH3 is 1. The summed E-state index contributed by atoms with van der Waals surface area (Å²) in [6.07, 6.45) is 0.659. The van der Waals surface area contributed by atoms with Crippen molar-refractivity contribution >= 4 is 33.3 Å². The quantitative estimate of drug-likeness (QED) is 0.872. The highest BCUT2D eigenvalue weighted by molar-refractivity contribution is 7.90. The molecule has 1 aliphatic heterocycles. The van der Waals surface area contributed by atoms with Gasteiger partial charge in [-0.05, 0) is 42.3 Å². The predicted molar refractivity (Wildman–Crippen MR) is 94.4 cm³/mol. The van der Waals surface area contributed by atoms with Crippen LogP contribution >= 0.6 is 11.6 Å². The normalized spacial score (nSPS) is 16.8. The summed E-state index contributed by atoms with van der Waals surface area (Å²) in [6, 6.07) is 12.2. The third kappa shape index (κ3) is 3.63. The lowest BCUT2D eigenvalue weighted by Gasteiger charge is -2.21. The molecule has 24 heavy (non-hydrogen) atoms. The fraction of sp³-hybridized carbons (Fsp3) is 0.188. The summed E-state index contributed by atoms with van der Waals surface area (Å²) in [5.74, 6) is 0.966. The monoisotopic (exact) mass is 365 g/mol. The zero-order chi connectivity index (χ0) is 17.2. The molecule has 3 rings (SSSR count). The van der Waals surface area contributed by atoms with E-state index in [-0.39, 0.29) is 10.9 Å². The number of hydrogen-bond acceptors (Lipinski definition) is 4. The molecule has 0 bridgehead atoms. The SMILES string of the molecule is COc1cccc(CCN=C2Nc3cc(Cl)ccc3S(=O)(=O)N2)c1. The molecule has 0 unspecified atom stereocenters. The Morgan fingerprint density at radius 1 is 1.21 bits per heavy atom. The van der Waals surface area contributed by atoms with E-state index >= 15 is 0 Å². The van der Waals surface area contributed by atoms with Gasteiger partial charge < -0.3 is 10.1 Å². The Morgan fingerprint density at radius 2 is 2.04 bits per heavy atom. The minimum absolute atomic E-state index is 0.152. The van der Waals surface area contributed by atoms with Gasteiger partial charge in [-0.15, -0.1) is 0 Å². The predicted octanol–water partition coefficient (Wildman–Crippen LogP) is 2.65. The van der Waals surface area contributed by atoms with E-state index in [4.69, 9.17) is 16.3 Å². The van der Waals surface area contributed by atoms with Gasteiger partial charge in [0, 0.05) is 11.6 Å². The van der Waals surface area contributed by atoms with Crippen LogP contribution in [0.3, 0.4) is 0 Å². The number of sulfonamides is 1. The van der Waals surface area contributed by atoms with Crippen LogP contribution in [0.25, 0.3) is 0 Å². The summed E-state index contributed by atoms with van der Waals surface area (Å²) < 4.78 is 32.0. The van der Waals surface area contributed by atoms with Gasteiger partial charge in [0.05, 0.1) is 12.8 Å². The third-order valence-electron chi connectivity index (χ3n) is 3.52. The molecule has 0 amide bonds. The number of benzene rings is 2. The van der Waals surface area contributed by atoms with Crippen molar-refractivity contribution in [3.05, 3.63) is 53.1 Å². The molecule has 2 aromatic carbocycles. The molecule has 0 saturated heterocycles. The molecule has 0 aliphatic carbocycles. The van der Waals surface area contributed by atoms with Crippen molar-refractivity contribution in [3.8, 4) is 5.75 Å². The molecule has 0 saturated carbocycles. The summed E-state index contributed by atoms with van der Waals surface area (Å²) >= 11 is 5.92. The number of anilines is 1. The second-order valence-electron chi connectivity index (χ2n) is 5.20. The Balaban J connectivity index is 1.75. The van der Waals surface area contributed by atoms with Gasteiger partial charge >= 0.3 is 0 Å². The smallest absolute Gasteiger partial charge is 0.266 e. The van der Waals surface area contributed by atoms with Crippen molar-refractivity contribution in [1.29, 1.82) is 0 Å². The molecule has 1 heterocycles. The third-order valence-corrected chi connectivity index (χ3v) is 5.15. The Labute approximate surface area is 145 Å². The lowest BCUT2D eigenvalue weighted by atomic mass is 10.1. The Morgan fingerprint density at radius 3 is 2.83 bits per heavy atom. The molecule has 0 fully saturated rings. The van der Waals surface area contributed by atoms with E-state index in [0.29, 0.717) is 23.7 Å². The second kappa shape index (κ2) is 6.70. The highest BCUT2D eigenvalue weighted by Gasteiger charge is 2.26. The van der Waals surface area contributed by atoms with Crippen LogP contribution < -0.4 is 14.8 Å². The molecule has 2 aromatic rings. The molecule has 126 valence electrons. The first-order valence-corrected chi connectivity index (χ1v) is 9.11. The van der Waals surface area contributed by atoms with Gasteiger partial charge in [0.25, 0.3) is 10.0 Å². The highest BCUT2D eigenvalue weighted by atomic mass is 35.5. The van der Waals surface area contributed by atoms with Crippen LogP contribution in [0.15, 0.2) is 52.4 Å². The van der Waals surface area contributed by atoms with Gasteiger partial charge in [-0.3, -0.25) is 4.99 Å². The number of nitrogens with one attached hydrogen (secondary N) is 2. The van der Waals surface area contributed by atoms with E-state index < -0.39 is 10.0 Å². The van der Waals surface area contributed by atoms with Crippen LogP contribution in [-0.2, 0) is 16.4 Å². The van der Waals surface area contributed by atoms with Crippen LogP contribution in [0.1, 0.15) is 5.56 Å². The first-order chi connectivity index (χ1) is 11.5. The molecular weight excluding hydrogens is 350 g/mol. The van der Waals surface area contributed by atoms with Crippen molar-refractivity contribution in [2.45, 2.75) is 11.3 Å². The lowest BCUT2D eigenvalue weighted by molar-refractivity contribution is 0.414. The number of fused-ring (bicyclic) bond motifs is 1. The maximum absolute atomic E-state index is 12.2. The van der Waals surface area contributed by atoms with Gasteiger partial charge in [-0.2, -0.15) is 0 Å². The van der Waals surface area contributed by atoms with Gasteiger partial charge in [0.1, 0.15) is 10.6 Å². The zero-order valence-corrected chi connectivity index (χ0v) is 14.5. The van der Waals surface area contributed by atoms with Crippen molar-refractivity contribution in [2.24, 2.45) is 4.99 Å². The standard InChI is InChI=1S/C16H16ClN3O3S/c1-23-13-4-2-3-11(9-13)7-8-18-16-19-14-10-12(17)5-6-15(14)24(21,22)20-16/h2-6,9-10H,7-8H2,1H3,(H2,18,19,20). The van der Waals surface area contributed by atoms with Crippen molar-refractivity contribution in [2.75, 3.05) is 19.0 Å². The van der Waals surface area contributed by atoms with Gasteiger partial charge in [-0.25, -0.2) is 13.1 Å². The van der Waals surface area contributed by atoms with E-state index in [9.17, 15) is 8.42 Å². The topological polar surface area (TPSA) is 79.8 Å². The lowest BCUT2D eigenvalue weighted by Crippen LogP contribution is -2.40. The average molecular weight is 366 g/mol. The molecule has 0 spiro atoms. The van der Waals surface area contributed by atoms with Gasteiger partial charge in [-0.1, -0.05) is 23.7 Å². The van der Waals surface area contributed by atoms with E-state index in [0.717, 1.165) is 11.3 Å². The number of rotatable bonds is 4. The summed E-state index contributed by atoms with van der Waals surface area (Å²) in [5.41, 5.74) is 1.47. The first-order valence-electron chi connectivity index (χ1n) is 7.25. The minimum Gasteiger partial charge on any atom is -0.497 e. The number of guanidine groups is 1.